The molecule has 0 N–H and O–H groups in total. The summed E-state index contributed by atoms with van der Waals surface area (Å²) in [6.07, 6.45) is 0. The molecule has 1 heterocycles. The van der Waals surface area contributed by atoms with Crippen LogP contribution in [0.25, 0.3) is 10.8 Å². The molecule has 0 atom stereocenters. The molecule has 0 fully saturated rings. The predicted octanol–water partition coefficient (Wildman–Crippen LogP) is 4.39. The van der Waals surface area contributed by atoms with E-state index in [9.17, 15) is 8.63 Å². The van der Waals surface area contributed by atoms with Gasteiger partial charge in [0.05, 0.1) is 19.8 Å². The average molecular weight is 356 g/mol. The van der Waals surface area contributed by atoms with E-state index in [-0.39, 0.29) is 11.5 Å². The molecule has 0 radical (unpaired) electrons. The first-order chi connectivity index (χ1) is 12.5. The number of carbonyl (C=O) groups excluding carboxylic acids is 1. The minimum absolute atomic E-state index is 0.0802. The van der Waals surface area contributed by atoms with Gasteiger partial charge in [0.2, 0.25) is 0 Å². The highest BCUT2D eigenvalue weighted by Gasteiger charge is 2.54. The minimum atomic E-state index is -4.48. The van der Waals surface area contributed by atoms with Crippen molar-refractivity contribution >= 4 is 23.7 Å². The molecule has 132 valence electrons. The zero-order valence-corrected chi connectivity index (χ0v) is 14.2. The van der Waals surface area contributed by atoms with Gasteiger partial charge in [0.15, 0.2) is 0 Å². The quantitative estimate of drug-likeness (QED) is 0.516. The maximum atomic E-state index is 14.2. The van der Waals surface area contributed by atoms with Crippen molar-refractivity contribution in [2.24, 2.45) is 0 Å². The molecule has 3 aromatic rings. The highest BCUT2D eigenvalue weighted by molar-refractivity contribution is 6.52. The monoisotopic (exact) mass is 356 g/mol. The van der Waals surface area contributed by atoms with Crippen LogP contribution in [0.4, 0.5) is 8.63 Å². The van der Waals surface area contributed by atoms with Crippen molar-refractivity contribution in [3.8, 4) is 17.2 Å². The number of hydrogen-bond acceptors (Lipinski definition) is 3. The molecule has 3 aromatic carbocycles. The lowest BCUT2D eigenvalue weighted by Crippen LogP contribution is -2.36. The first kappa shape index (κ1) is 16.4. The van der Waals surface area contributed by atoms with Gasteiger partial charge >= 0.3 is 7.11 Å². The summed E-state index contributed by atoms with van der Waals surface area (Å²) in [7, 11) is -1.38. The second-order valence-corrected chi connectivity index (χ2v) is 5.86. The third kappa shape index (κ3) is 2.75. The summed E-state index contributed by atoms with van der Waals surface area (Å²) in [5, 5.41) is 1.31. The summed E-state index contributed by atoms with van der Waals surface area (Å²) in [5.74, 6) is 1.45. The maximum Gasteiger partial charge on any atom is 0.995 e. The second-order valence-electron chi connectivity index (χ2n) is 5.86. The van der Waals surface area contributed by atoms with Gasteiger partial charge in [0, 0.05) is 5.39 Å². The fourth-order valence-electron chi connectivity index (χ4n) is 3.04. The molecule has 0 saturated carbocycles. The molecule has 0 amide bonds. The molecule has 0 bridgehead atoms. The summed E-state index contributed by atoms with van der Waals surface area (Å²) in [5.41, 5.74) is 0.991. The Morgan fingerprint density at radius 1 is 0.885 bits per heavy atom. The molecule has 4 rings (SSSR count). The van der Waals surface area contributed by atoms with E-state index in [0.29, 0.717) is 28.0 Å². The van der Waals surface area contributed by atoms with Crippen LogP contribution in [0.2, 0.25) is 0 Å². The predicted molar refractivity (Wildman–Crippen MR) is 95.5 cm³/mol. The Morgan fingerprint density at radius 2 is 1.58 bits per heavy atom. The lowest BCUT2D eigenvalue weighted by molar-refractivity contribution is -0.180. The smallest absolute Gasteiger partial charge is 0.568 e. The van der Waals surface area contributed by atoms with Crippen LogP contribution < -0.4 is 14.1 Å². The lowest BCUT2D eigenvalue weighted by atomic mass is 9.95. The standard InChI is InChI=1S/C19H15BF2O4/c1-23-14-6-3-12(4-7-14)18-17-9-5-13-11-15(24-2)8-10-16(13)19(17)26-20(21,22)25-18/h3-11H,1-2H3. The molecule has 1 aliphatic heterocycles. The molecular weight excluding hydrogens is 341 g/mol. The Labute approximate surface area is 148 Å². The third-order valence-electron chi connectivity index (χ3n) is 4.28. The van der Waals surface area contributed by atoms with Crippen LogP contribution in [-0.2, 0) is 0 Å². The molecule has 0 aliphatic carbocycles. The maximum absolute atomic E-state index is 14.2. The van der Waals surface area contributed by atoms with Crippen molar-refractivity contribution < 1.29 is 27.1 Å². The summed E-state index contributed by atoms with van der Waals surface area (Å²) >= 11 is 0. The van der Waals surface area contributed by atoms with Gasteiger partial charge in [-0.15, -0.1) is 0 Å². The van der Waals surface area contributed by atoms with Gasteiger partial charge < -0.3 is 27.1 Å². The average Bonchev–Trinajstić information content (AvgIpc) is 2.66. The van der Waals surface area contributed by atoms with Crippen molar-refractivity contribution in [2.45, 2.75) is 0 Å². The molecule has 0 aromatic heterocycles. The van der Waals surface area contributed by atoms with E-state index in [2.05, 4.69) is 0 Å². The van der Waals surface area contributed by atoms with Gasteiger partial charge in [-0.1, -0.05) is 6.07 Å². The normalized spacial score (nSPS) is 15.0. The Kier molecular flexibility index (Phi) is 3.79. The van der Waals surface area contributed by atoms with Gasteiger partial charge in [-0.2, -0.15) is 0 Å². The van der Waals surface area contributed by atoms with Crippen molar-refractivity contribution in [1.29, 1.82) is 0 Å². The number of ether oxygens (including phenoxy) is 2. The van der Waals surface area contributed by atoms with E-state index in [4.69, 9.17) is 18.5 Å². The van der Waals surface area contributed by atoms with Crippen LogP contribution in [0.5, 0.6) is 17.2 Å². The van der Waals surface area contributed by atoms with E-state index in [1.54, 1.807) is 62.8 Å². The zero-order valence-electron chi connectivity index (χ0n) is 14.2. The highest BCUT2D eigenvalue weighted by Crippen LogP contribution is 2.38. The summed E-state index contributed by atoms with van der Waals surface area (Å²) < 4.78 is 48.5. The summed E-state index contributed by atoms with van der Waals surface area (Å²) in [6, 6.07) is 15.4. The SMILES string of the molecule is COc1ccc(C2=[O+][B-](F)(F)Oc3c2ccc2cc(OC)ccc32)cc1. The Morgan fingerprint density at radius 3 is 2.27 bits per heavy atom. The van der Waals surface area contributed by atoms with E-state index < -0.39 is 7.11 Å². The zero-order chi connectivity index (χ0) is 18.3. The van der Waals surface area contributed by atoms with Crippen molar-refractivity contribution in [3.63, 3.8) is 0 Å². The van der Waals surface area contributed by atoms with Crippen LogP contribution in [0.3, 0.4) is 0 Å². The van der Waals surface area contributed by atoms with E-state index in [1.807, 2.05) is 6.07 Å². The van der Waals surface area contributed by atoms with Crippen LogP contribution in [0, 0.1) is 0 Å². The van der Waals surface area contributed by atoms with Gasteiger partial charge in [0.1, 0.15) is 22.8 Å². The molecule has 4 nitrogen and oxygen atoms in total. The fourth-order valence-corrected chi connectivity index (χ4v) is 3.04. The summed E-state index contributed by atoms with van der Waals surface area (Å²) in [6.45, 7) is 0. The number of rotatable bonds is 3. The van der Waals surface area contributed by atoms with E-state index in [0.717, 1.165) is 5.39 Å². The highest BCUT2D eigenvalue weighted by atomic mass is 19.3. The first-order valence-corrected chi connectivity index (χ1v) is 8.01. The van der Waals surface area contributed by atoms with Gasteiger partial charge in [-0.25, -0.2) is 0 Å². The van der Waals surface area contributed by atoms with E-state index >= 15 is 0 Å². The van der Waals surface area contributed by atoms with Crippen molar-refractivity contribution in [1.82, 2.24) is 0 Å². The number of halogens is 2. The Hall–Kier alpha value is -3.09. The van der Waals surface area contributed by atoms with E-state index in [1.165, 1.54) is 0 Å². The molecule has 26 heavy (non-hydrogen) atoms. The largest absolute Gasteiger partial charge is 0.995 e. The van der Waals surface area contributed by atoms with Crippen molar-refractivity contribution in [2.75, 3.05) is 14.2 Å². The number of hydrogen-bond donors (Lipinski definition) is 0. The van der Waals surface area contributed by atoms with Gasteiger partial charge in [0.25, 0.3) is 5.78 Å². The number of ketones is 1. The first-order valence-electron chi connectivity index (χ1n) is 8.01. The van der Waals surface area contributed by atoms with Crippen LogP contribution in [0.1, 0.15) is 15.5 Å². The Bertz CT molecular complexity index is 1020. The Balaban J connectivity index is 1.91. The number of benzene rings is 3. The molecule has 1 aliphatic rings. The number of methoxy groups -OCH3 is 2. The molecular formula is C19H15BF2O4. The van der Waals surface area contributed by atoms with Crippen molar-refractivity contribution in [3.05, 3.63) is 65.7 Å². The lowest BCUT2D eigenvalue weighted by Gasteiger charge is -2.22. The second kappa shape index (κ2) is 6.02. The van der Waals surface area contributed by atoms with Crippen LogP contribution in [0.15, 0.2) is 54.6 Å². The minimum Gasteiger partial charge on any atom is -0.568 e. The molecule has 7 heteroatoms. The van der Waals surface area contributed by atoms with Gasteiger partial charge in [-0.05, 0) is 53.9 Å². The van der Waals surface area contributed by atoms with Crippen LogP contribution in [-0.4, -0.2) is 27.1 Å². The number of fused-ring (bicyclic) bond motifs is 3. The molecule has 0 spiro atoms. The molecule has 0 saturated heterocycles. The van der Waals surface area contributed by atoms with Crippen LogP contribution >= 0.6 is 0 Å². The third-order valence-corrected chi connectivity index (χ3v) is 4.28. The topological polar surface area (TPSA) is 39.0 Å². The fraction of sp³-hybridized carbons (Fsp3) is 0.105. The molecule has 0 unspecified atom stereocenters. The summed E-state index contributed by atoms with van der Waals surface area (Å²) in [4.78, 5) is 0. The van der Waals surface area contributed by atoms with Gasteiger partial charge in [-0.3, -0.25) is 0 Å².